The van der Waals surface area contributed by atoms with E-state index in [1.165, 1.54) is 16.6 Å². The highest BCUT2D eigenvalue weighted by molar-refractivity contribution is 7.89. The van der Waals surface area contributed by atoms with Crippen molar-refractivity contribution in [2.45, 2.75) is 31.0 Å². The summed E-state index contributed by atoms with van der Waals surface area (Å²) in [7, 11) is -3.64. The Kier molecular flexibility index (Phi) is 4.50. The quantitative estimate of drug-likeness (QED) is 0.632. The Bertz CT molecular complexity index is 585. The zero-order chi connectivity index (χ0) is 14.9. The molecule has 2 heterocycles. The number of halogens is 1. The van der Waals surface area contributed by atoms with E-state index in [4.69, 9.17) is 22.2 Å². The topological polar surface area (TPSA) is 97.6 Å². The number of hydrogen-bond donors (Lipinski definition) is 2. The van der Waals surface area contributed by atoms with Gasteiger partial charge in [0.15, 0.2) is 5.82 Å². The number of aromatic nitrogens is 1. The van der Waals surface area contributed by atoms with Crippen LogP contribution in [0.2, 0.25) is 5.02 Å². The number of nitrogens with one attached hydrogen (secondary N) is 1. The van der Waals surface area contributed by atoms with Crippen LogP contribution < -0.4 is 11.3 Å². The first kappa shape index (κ1) is 15.5. The molecule has 2 atom stereocenters. The van der Waals surface area contributed by atoms with E-state index in [9.17, 15) is 8.42 Å². The maximum Gasteiger partial charge on any atom is 0.244 e. The van der Waals surface area contributed by atoms with Crippen LogP contribution in [0, 0.1) is 0 Å². The first-order valence-electron chi connectivity index (χ1n) is 6.12. The predicted molar refractivity (Wildman–Crippen MR) is 75.8 cm³/mol. The lowest BCUT2D eigenvalue weighted by atomic mass is 10.3. The maximum atomic E-state index is 12.6. The first-order valence-corrected chi connectivity index (χ1v) is 7.94. The van der Waals surface area contributed by atoms with E-state index in [0.717, 1.165) is 0 Å². The van der Waals surface area contributed by atoms with E-state index in [1.807, 2.05) is 13.8 Å². The molecule has 1 aromatic heterocycles. The molecule has 0 bridgehead atoms. The molecule has 20 heavy (non-hydrogen) atoms. The Balaban J connectivity index is 2.32. The maximum absolute atomic E-state index is 12.6. The molecule has 1 aliphatic heterocycles. The highest BCUT2D eigenvalue weighted by atomic mass is 35.5. The molecule has 0 radical (unpaired) electrons. The van der Waals surface area contributed by atoms with Gasteiger partial charge in [-0.05, 0) is 19.9 Å². The van der Waals surface area contributed by atoms with Crippen LogP contribution in [0.3, 0.4) is 0 Å². The van der Waals surface area contributed by atoms with Gasteiger partial charge in [-0.25, -0.2) is 19.2 Å². The number of anilines is 1. The van der Waals surface area contributed by atoms with Crippen molar-refractivity contribution in [1.82, 2.24) is 9.29 Å². The predicted octanol–water partition coefficient (Wildman–Crippen LogP) is 0.819. The van der Waals surface area contributed by atoms with Crippen LogP contribution in [-0.2, 0) is 14.8 Å². The SMILES string of the molecule is C[C@@H]1CN(S(=O)(=O)c2cnc(NN)c(Cl)c2)C[C@H](C)O1. The van der Waals surface area contributed by atoms with Crippen LogP contribution in [0.5, 0.6) is 0 Å². The van der Waals surface area contributed by atoms with E-state index in [-0.39, 0.29) is 27.9 Å². The summed E-state index contributed by atoms with van der Waals surface area (Å²) in [5.74, 6) is 5.45. The van der Waals surface area contributed by atoms with Crippen LogP contribution in [0.25, 0.3) is 0 Å². The fraction of sp³-hybridized carbons (Fsp3) is 0.545. The summed E-state index contributed by atoms with van der Waals surface area (Å²) < 4.78 is 32.0. The number of nitrogen functional groups attached to an aromatic ring is 1. The molecule has 0 saturated carbocycles. The minimum absolute atomic E-state index is 0.0443. The van der Waals surface area contributed by atoms with E-state index < -0.39 is 10.0 Å². The van der Waals surface area contributed by atoms with Crippen molar-refractivity contribution in [2.75, 3.05) is 18.5 Å². The van der Waals surface area contributed by atoms with Crippen LogP contribution >= 0.6 is 11.6 Å². The van der Waals surface area contributed by atoms with Crippen LogP contribution in [0.4, 0.5) is 5.82 Å². The molecule has 1 aliphatic rings. The monoisotopic (exact) mass is 320 g/mol. The van der Waals surface area contributed by atoms with Crippen LogP contribution in [0.15, 0.2) is 17.2 Å². The number of nitrogens with zero attached hydrogens (tertiary/aromatic N) is 2. The van der Waals surface area contributed by atoms with Gasteiger partial charge in [0, 0.05) is 19.3 Å². The molecule has 7 nitrogen and oxygen atoms in total. The zero-order valence-electron chi connectivity index (χ0n) is 11.2. The van der Waals surface area contributed by atoms with Crippen molar-refractivity contribution in [3.63, 3.8) is 0 Å². The van der Waals surface area contributed by atoms with Crippen molar-refractivity contribution in [3.05, 3.63) is 17.3 Å². The molecule has 1 saturated heterocycles. The minimum Gasteiger partial charge on any atom is -0.373 e. The number of hydrogen-bond acceptors (Lipinski definition) is 6. The Hall–Kier alpha value is -0.930. The summed E-state index contributed by atoms with van der Waals surface area (Å²) in [6.45, 7) is 4.29. The van der Waals surface area contributed by atoms with Crippen molar-refractivity contribution < 1.29 is 13.2 Å². The van der Waals surface area contributed by atoms with Gasteiger partial charge in [-0.15, -0.1) is 0 Å². The highest BCUT2D eigenvalue weighted by Crippen LogP contribution is 2.25. The van der Waals surface area contributed by atoms with Gasteiger partial charge in [0.2, 0.25) is 10.0 Å². The summed E-state index contributed by atoms with van der Waals surface area (Å²) in [5.41, 5.74) is 2.30. The molecule has 0 aliphatic carbocycles. The molecule has 9 heteroatoms. The summed E-state index contributed by atoms with van der Waals surface area (Å²) in [6.07, 6.45) is 0.935. The lowest BCUT2D eigenvalue weighted by Gasteiger charge is -2.34. The molecule has 3 N–H and O–H groups in total. The highest BCUT2D eigenvalue weighted by Gasteiger charge is 2.32. The second kappa shape index (κ2) is 5.82. The third-order valence-electron chi connectivity index (χ3n) is 2.98. The molecular weight excluding hydrogens is 304 g/mol. The lowest BCUT2D eigenvalue weighted by molar-refractivity contribution is -0.0440. The first-order chi connectivity index (χ1) is 9.34. The Morgan fingerprint density at radius 1 is 1.45 bits per heavy atom. The Labute approximate surface area is 123 Å². The fourth-order valence-electron chi connectivity index (χ4n) is 2.14. The van der Waals surface area contributed by atoms with Gasteiger partial charge < -0.3 is 10.2 Å². The number of sulfonamides is 1. The fourth-order valence-corrected chi connectivity index (χ4v) is 3.99. The average molecular weight is 321 g/mol. The molecule has 1 fully saturated rings. The number of hydrazine groups is 1. The number of ether oxygens (including phenoxy) is 1. The van der Waals surface area contributed by atoms with Gasteiger partial charge in [0.05, 0.1) is 17.2 Å². The molecule has 112 valence electrons. The Morgan fingerprint density at radius 2 is 2.05 bits per heavy atom. The van der Waals surface area contributed by atoms with Crippen molar-refractivity contribution in [2.24, 2.45) is 5.84 Å². The molecule has 1 aromatic rings. The summed E-state index contributed by atoms with van der Waals surface area (Å²) in [6, 6.07) is 1.34. The van der Waals surface area contributed by atoms with E-state index >= 15 is 0 Å². The molecule has 2 rings (SSSR count). The second-order valence-electron chi connectivity index (χ2n) is 4.73. The van der Waals surface area contributed by atoms with Gasteiger partial charge in [-0.1, -0.05) is 11.6 Å². The van der Waals surface area contributed by atoms with Crippen LogP contribution in [0.1, 0.15) is 13.8 Å². The van der Waals surface area contributed by atoms with Gasteiger partial charge in [0.1, 0.15) is 4.90 Å². The smallest absolute Gasteiger partial charge is 0.244 e. The summed E-state index contributed by atoms with van der Waals surface area (Å²) in [4.78, 5) is 3.94. The number of pyridine rings is 1. The molecule has 0 aromatic carbocycles. The molecule has 0 unspecified atom stereocenters. The van der Waals surface area contributed by atoms with Gasteiger partial charge in [0.25, 0.3) is 0 Å². The van der Waals surface area contributed by atoms with Crippen molar-refractivity contribution >= 4 is 27.4 Å². The third kappa shape index (κ3) is 3.04. The van der Waals surface area contributed by atoms with E-state index in [2.05, 4.69) is 10.4 Å². The largest absolute Gasteiger partial charge is 0.373 e. The second-order valence-corrected chi connectivity index (χ2v) is 7.07. The lowest BCUT2D eigenvalue weighted by Crippen LogP contribution is -2.48. The van der Waals surface area contributed by atoms with Gasteiger partial charge in [-0.2, -0.15) is 4.31 Å². The molecular formula is C11H17ClN4O3S. The van der Waals surface area contributed by atoms with Crippen molar-refractivity contribution in [3.8, 4) is 0 Å². The molecule has 0 amide bonds. The minimum atomic E-state index is -3.64. The number of nitrogens with two attached hydrogens (primary N) is 1. The normalized spacial score (nSPS) is 24.6. The Morgan fingerprint density at radius 3 is 2.55 bits per heavy atom. The number of rotatable bonds is 3. The zero-order valence-corrected chi connectivity index (χ0v) is 12.8. The standard InChI is InChI=1S/C11H17ClN4O3S/c1-7-5-16(6-8(2)19-7)20(17,18)9-3-10(12)11(15-13)14-4-9/h3-4,7-8H,5-6,13H2,1-2H3,(H,14,15)/t7-,8+. The van der Waals surface area contributed by atoms with Crippen molar-refractivity contribution in [1.29, 1.82) is 0 Å². The average Bonchev–Trinajstić information content (AvgIpc) is 2.37. The summed E-state index contributed by atoms with van der Waals surface area (Å²) >= 11 is 5.92. The van der Waals surface area contributed by atoms with Gasteiger partial charge >= 0.3 is 0 Å². The van der Waals surface area contributed by atoms with E-state index in [1.54, 1.807) is 0 Å². The van der Waals surface area contributed by atoms with E-state index in [0.29, 0.717) is 13.1 Å². The van der Waals surface area contributed by atoms with Gasteiger partial charge in [-0.3, -0.25) is 0 Å². The third-order valence-corrected chi connectivity index (χ3v) is 5.06. The summed E-state index contributed by atoms with van der Waals surface area (Å²) in [5, 5.41) is 0.155. The van der Waals surface area contributed by atoms with Crippen LogP contribution in [-0.4, -0.2) is 43.0 Å². The number of morpholine rings is 1. The molecule has 0 spiro atoms.